The number of rotatable bonds is 6. The van der Waals surface area contributed by atoms with Gasteiger partial charge in [-0.2, -0.15) is 9.10 Å². The second-order valence-electron chi connectivity index (χ2n) is 8.00. The summed E-state index contributed by atoms with van der Waals surface area (Å²) in [6.07, 6.45) is 3.75. The van der Waals surface area contributed by atoms with Crippen molar-refractivity contribution in [2.45, 2.75) is 44.0 Å². The molecule has 1 amide bonds. The molecule has 2 heterocycles. The SMILES string of the molecule is Cc1ccc(NC(=O)Cn2nnc(-c3ccc(F)cc3)n2)cc1S(=O)(=O)N1CCCCCC1. The molecule has 0 spiro atoms. The maximum Gasteiger partial charge on any atom is 0.248 e. The lowest BCUT2D eigenvalue weighted by molar-refractivity contribution is -0.117. The van der Waals surface area contributed by atoms with E-state index in [1.807, 2.05) is 0 Å². The lowest BCUT2D eigenvalue weighted by atomic mass is 10.2. The number of carbonyl (C=O) groups is 1. The third-order valence-electron chi connectivity index (χ3n) is 5.50. The van der Waals surface area contributed by atoms with Crippen LogP contribution in [-0.4, -0.2) is 51.9 Å². The van der Waals surface area contributed by atoms with Gasteiger partial charge in [0.05, 0.1) is 4.90 Å². The second-order valence-corrected chi connectivity index (χ2v) is 9.90. The minimum Gasteiger partial charge on any atom is -0.324 e. The molecule has 9 nitrogen and oxygen atoms in total. The number of carbonyl (C=O) groups excluding carboxylic acids is 1. The van der Waals surface area contributed by atoms with E-state index in [-0.39, 0.29) is 23.1 Å². The number of tetrazole rings is 1. The molecule has 1 aliphatic heterocycles. The van der Waals surface area contributed by atoms with Gasteiger partial charge in [0.15, 0.2) is 0 Å². The molecule has 1 fully saturated rings. The summed E-state index contributed by atoms with van der Waals surface area (Å²) in [5.41, 5.74) is 1.57. The number of nitrogens with one attached hydrogen (secondary N) is 1. The number of halogens is 1. The molecule has 1 saturated heterocycles. The van der Waals surface area contributed by atoms with Crippen molar-refractivity contribution >= 4 is 21.6 Å². The number of sulfonamides is 1. The molecule has 0 atom stereocenters. The summed E-state index contributed by atoms with van der Waals surface area (Å²) in [6.45, 7) is 2.54. The number of aromatic nitrogens is 4. The first-order chi connectivity index (χ1) is 15.8. The van der Waals surface area contributed by atoms with Gasteiger partial charge in [-0.3, -0.25) is 4.79 Å². The van der Waals surface area contributed by atoms with Crippen LogP contribution in [0.25, 0.3) is 11.4 Å². The Morgan fingerprint density at radius 2 is 1.76 bits per heavy atom. The molecule has 3 aromatic rings. The summed E-state index contributed by atoms with van der Waals surface area (Å²) in [4.78, 5) is 13.8. The molecule has 11 heteroatoms. The van der Waals surface area contributed by atoms with Gasteiger partial charge in [0.1, 0.15) is 12.4 Å². The van der Waals surface area contributed by atoms with Crippen LogP contribution in [-0.2, 0) is 21.4 Å². The first-order valence-electron chi connectivity index (χ1n) is 10.8. The fraction of sp³-hybridized carbons (Fsp3) is 0.364. The van der Waals surface area contributed by atoms with E-state index in [0.717, 1.165) is 30.5 Å². The van der Waals surface area contributed by atoms with Gasteiger partial charge < -0.3 is 5.32 Å². The third-order valence-corrected chi connectivity index (χ3v) is 7.54. The predicted octanol–water partition coefficient (Wildman–Crippen LogP) is 2.99. The molecule has 33 heavy (non-hydrogen) atoms. The molecule has 1 N–H and O–H groups in total. The largest absolute Gasteiger partial charge is 0.324 e. The monoisotopic (exact) mass is 472 g/mol. The zero-order chi connectivity index (χ0) is 23.4. The molecule has 0 radical (unpaired) electrons. The smallest absolute Gasteiger partial charge is 0.248 e. The van der Waals surface area contributed by atoms with Crippen molar-refractivity contribution in [3.05, 3.63) is 53.8 Å². The average Bonchev–Trinajstić information content (AvgIpc) is 3.06. The lowest BCUT2D eigenvalue weighted by Gasteiger charge is -2.21. The van der Waals surface area contributed by atoms with Crippen molar-refractivity contribution in [1.29, 1.82) is 0 Å². The third kappa shape index (κ3) is 5.42. The van der Waals surface area contributed by atoms with E-state index >= 15 is 0 Å². The van der Waals surface area contributed by atoms with Gasteiger partial charge in [-0.15, -0.1) is 10.2 Å². The predicted molar refractivity (Wildman–Crippen MR) is 120 cm³/mol. The van der Waals surface area contributed by atoms with E-state index in [0.29, 0.717) is 29.9 Å². The Bertz CT molecular complexity index is 1240. The number of aryl methyl sites for hydroxylation is 1. The quantitative estimate of drug-likeness (QED) is 0.591. The Balaban J connectivity index is 1.46. The van der Waals surface area contributed by atoms with Gasteiger partial charge in [0, 0.05) is 24.3 Å². The minimum absolute atomic E-state index is 0.194. The number of amides is 1. The van der Waals surface area contributed by atoms with Gasteiger partial charge in [-0.1, -0.05) is 18.9 Å². The molecule has 0 unspecified atom stereocenters. The molecular formula is C22H25FN6O3S. The molecular weight excluding hydrogens is 447 g/mol. The lowest BCUT2D eigenvalue weighted by Crippen LogP contribution is -2.32. The Morgan fingerprint density at radius 3 is 2.45 bits per heavy atom. The Hall–Kier alpha value is -3.18. The van der Waals surface area contributed by atoms with Crippen molar-refractivity contribution < 1.29 is 17.6 Å². The second kappa shape index (κ2) is 9.75. The van der Waals surface area contributed by atoms with Gasteiger partial charge in [-0.05, 0) is 66.9 Å². The Kier molecular flexibility index (Phi) is 6.80. The number of nitrogens with zero attached hydrogens (tertiary/aromatic N) is 5. The summed E-state index contributed by atoms with van der Waals surface area (Å²) in [7, 11) is -3.65. The fourth-order valence-corrected chi connectivity index (χ4v) is 5.50. The molecule has 0 bridgehead atoms. The van der Waals surface area contributed by atoms with Crippen LogP contribution < -0.4 is 5.32 Å². The van der Waals surface area contributed by atoms with E-state index in [1.165, 1.54) is 34.6 Å². The maximum atomic E-state index is 13.2. The van der Waals surface area contributed by atoms with Crippen LogP contribution in [0.3, 0.4) is 0 Å². The zero-order valence-corrected chi connectivity index (χ0v) is 19.1. The van der Waals surface area contributed by atoms with Crippen molar-refractivity contribution in [2.24, 2.45) is 0 Å². The van der Waals surface area contributed by atoms with Crippen molar-refractivity contribution in [3.63, 3.8) is 0 Å². The molecule has 0 aliphatic carbocycles. The summed E-state index contributed by atoms with van der Waals surface area (Å²) in [5, 5.41) is 14.6. The van der Waals surface area contributed by atoms with E-state index < -0.39 is 15.9 Å². The summed E-state index contributed by atoms with van der Waals surface area (Å²) < 4.78 is 41.0. The number of anilines is 1. The Labute approximate surface area is 191 Å². The molecule has 4 rings (SSSR count). The summed E-state index contributed by atoms with van der Waals surface area (Å²) in [5.74, 6) is -0.537. The van der Waals surface area contributed by atoms with E-state index in [9.17, 15) is 17.6 Å². The van der Waals surface area contributed by atoms with E-state index in [4.69, 9.17) is 0 Å². The van der Waals surface area contributed by atoms with Crippen LogP contribution in [0, 0.1) is 12.7 Å². The Morgan fingerprint density at radius 1 is 1.06 bits per heavy atom. The van der Waals surface area contributed by atoms with Crippen molar-refractivity contribution in [3.8, 4) is 11.4 Å². The highest BCUT2D eigenvalue weighted by Crippen LogP contribution is 2.26. The molecule has 0 saturated carbocycles. The van der Waals surface area contributed by atoms with E-state index in [1.54, 1.807) is 19.1 Å². The van der Waals surface area contributed by atoms with Crippen LogP contribution in [0.1, 0.15) is 31.2 Å². The molecule has 174 valence electrons. The maximum absolute atomic E-state index is 13.2. The van der Waals surface area contributed by atoms with Crippen LogP contribution >= 0.6 is 0 Å². The normalized spacial score (nSPS) is 15.2. The van der Waals surface area contributed by atoms with Crippen molar-refractivity contribution in [1.82, 2.24) is 24.5 Å². The minimum atomic E-state index is -3.65. The van der Waals surface area contributed by atoms with Crippen LogP contribution in [0.5, 0.6) is 0 Å². The van der Waals surface area contributed by atoms with Crippen LogP contribution in [0.15, 0.2) is 47.4 Å². The van der Waals surface area contributed by atoms with E-state index in [2.05, 4.69) is 20.7 Å². The van der Waals surface area contributed by atoms with Gasteiger partial charge in [0.25, 0.3) is 0 Å². The van der Waals surface area contributed by atoms with Gasteiger partial charge in [-0.25, -0.2) is 12.8 Å². The summed E-state index contributed by atoms with van der Waals surface area (Å²) in [6, 6.07) is 10.5. The standard InChI is InChI=1S/C22H25FN6O3S/c1-16-6-11-19(14-20(16)33(31,32)28-12-4-2-3-5-13-28)24-21(30)15-29-26-22(25-27-29)17-7-9-18(23)10-8-17/h6-11,14H,2-5,12-13,15H2,1H3,(H,24,30). The molecule has 1 aromatic heterocycles. The fourth-order valence-electron chi connectivity index (χ4n) is 3.73. The topological polar surface area (TPSA) is 110 Å². The first-order valence-corrected chi connectivity index (χ1v) is 12.2. The molecule has 2 aromatic carbocycles. The average molecular weight is 473 g/mol. The highest BCUT2D eigenvalue weighted by molar-refractivity contribution is 7.89. The van der Waals surface area contributed by atoms with Crippen molar-refractivity contribution in [2.75, 3.05) is 18.4 Å². The van der Waals surface area contributed by atoms with Crippen LogP contribution in [0.4, 0.5) is 10.1 Å². The first kappa shape index (κ1) is 23.0. The number of hydrogen-bond donors (Lipinski definition) is 1. The highest BCUT2D eigenvalue weighted by atomic mass is 32.2. The van der Waals surface area contributed by atoms with Gasteiger partial charge >= 0.3 is 0 Å². The zero-order valence-electron chi connectivity index (χ0n) is 18.2. The number of benzene rings is 2. The van der Waals surface area contributed by atoms with Gasteiger partial charge in [0.2, 0.25) is 21.8 Å². The molecule has 1 aliphatic rings. The highest BCUT2D eigenvalue weighted by Gasteiger charge is 2.27. The summed E-state index contributed by atoms with van der Waals surface area (Å²) >= 11 is 0. The van der Waals surface area contributed by atoms with Crippen LogP contribution in [0.2, 0.25) is 0 Å². The number of hydrogen-bond acceptors (Lipinski definition) is 6.